The van der Waals surface area contributed by atoms with Gasteiger partial charge in [-0.15, -0.1) is 0 Å². The van der Waals surface area contributed by atoms with Crippen LogP contribution in [0.4, 0.5) is 4.39 Å². The largest absolute Gasteiger partial charge is 0.464 e. The summed E-state index contributed by atoms with van der Waals surface area (Å²) < 4.78 is 18.9. The lowest BCUT2D eigenvalue weighted by Crippen LogP contribution is -2.42. The molecular weight excluding hydrogens is 347 g/mol. The number of benzene rings is 2. The molecule has 0 fully saturated rings. The lowest BCUT2D eigenvalue weighted by atomic mass is 10.1. The molecule has 0 saturated heterocycles. The highest BCUT2D eigenvalue weighted by atomic mass is 35.5. The number of hydrogen-bond donors (Lipinski definition) is 2. The number of hydrogen-bond acceptors (Lipinski definition) is 3. The molecule has 0 aliphatic carbocycles. The summed E-state index contributed by atoms with van der Waals surface area (Å²) in [6, 6.07) is 9.02. The van der Waals surface area contributed by atoms with Crippen molar-refractivity contribution in [2.45, 2.75) is 13.3 Å². The normalized spacial score (nSPS) is 10.7. The topological polar surface area (TPSA) is 71.3 Å². The monoisotopic (exact) mass is 360 g/mol. The predicted octanol–water partition coefficient (Wildman–Crippen LogP) is 3.54. The van der Waals surface area contributed by atoms with Crippen molar-refractivity contribution in [3.8, 4) is 0 Å². The first-order chi connectivity index (χ1) is 12.0. The summed E-state index contributed by atoms with van der Waals surface area (Å²) in [5, 5.41) is 1.30. The van der Waals surface area contributed by atoms with E-state index in [0.717, 1.165) is 10.9 Å². The van der Waals surface area contributed by atoms with Crippen molar-refractivity contribution in [1.29, 1.82) is 0 Å². The molecule has 0 atom stereocenters. The summed E-state index contributed by atoms with van der Waals surface area (Å²) in [5.41, 5.74) is 6.42. The Hall–Kier alpha value is -2.86. The summed E-state index contributed by atoms with van der Waals surface area (Å²) in [4.78, 5) is 23.9. The van der Waals surface area contributed by atoms with Crippen molar-refractivity contribution in [2.24, 2.45) is 0 Å². The summed E-state index contributed by atoms with van der Waals surface area (Å²) in [6.45, 7) is 1.86. The van der Waals surface area contributed by atoms with Gasteiger partial charge in [0, 0.05) is 16.0 Å². The Kier molecular flexibility index (Phi) is 4.72. The molecule has 1 aromatic heterocycles. The van der Waals surface area contributed by atoms with Crippen LogP contribution in [-0.4, -0.2) is 11.8 Å². The first-order valence-corrected chi connectivity index (χ1v) is 7.83. The molecule has 0 unspecified atom stereocenters. The second-order valence-electron chi connectivity index (χ2n) is 5.52. The van der Waals surface area contributed by atoms with Crippen molar-refractivity contribution in [2.75, 3.05) is 0 Å². The van der Waals surface area contributed by atoms with E-state index in [1.165, 1.54) is 30.5 Å². The summed E-state index contributed by atoms with van der Waals surface area (Å²) in [6.07, 6.45) is 1.45. The number of furan rings is 1. The minimum Gasteiger partial charge on any atom is -0.464 e. The van der Waals surface area contributed by atoms with E-state index in [1.54, 1.807) is 12.1 Å². The molecule has 3 aromatic rings. The van der Waals surface area contributed by atoms with Crippen molar-refractivity contribution in [3.63, 3.8) is 0 Å². The number of nitrogens with one attached hydrogen (secondary N) is 2. The fourth-order valence-electron chi connectivity index (χ4n) is 2.39. The Labute approximate surface area is 147 Å². The molecule has 5 nitrogen and oxygen atoms in total. The van der Waals surface area contributed by atoms with Crippen LogP contribution in [0.1, 0.15) is 21.5 Å². The number of carbonyl (C=O) groups is 2. The third-order valence-electron chi connectivity index (χ3n) is 3.72. The first-order valence-electron chi connectivity index (χ1n) is 7.45. The molecular formula is C18H14ClFN2O3. The highest BCUT2D eigenvalue weighted by Crippen LogP contribution is 2.27. The van der Waals surface area contributed by atoms with Crippen molar-refractivity contribution in [1.82, 2.24) is 10.9 Å². The molecule has 7 heteroatoms. The zero-order valence-electron chi connectivity index (χ0n) is 13.2. The summed E-state index contributed by atoms with van der Waals surface area (Å²) in [5.74, 6) is -1.87. The van der Waals surface area contributed by atoms with Crippen LogP contribution in [0.3, 0.4) is 0 Å². The minimum absolute atomic E-state index is 0.0239. The fraction of sp³-hybridized carbons (Fsp3) is 0.111. The predicted molar refractivity (Wildman–Crippen MR) is 91.7 cm³/mol. The lowest BCUT2D eigenvalue weighted by molar-refractivity contribution is -0.121. The van der Waals surface area contributed by atoms with Crippen molar-refractivity contribution in [3.05, 3.63) is 70.2 Å². The SMILES string of the molecule is Cc1cc2occ(CC(=O)NNC(=O)c3ccccc3F)c2cc1Cl. The van der Waals surface area contributed by atoms with Gasteiger partial charge >= 0.3 is 0 Å². The van der Waals surface area contributed by atoms with E-state index in [1.807, 2.05) is 6.92 Å². The Bertz CT molecular complexity index is 968. The maximum atomic E-state index is 13.5. The second kappa shape index (κ2) is 6.94. The molecule has 2 N–H and O–H groups in total. The number of amides is 2. The van der Waals surface area contributed by atoms with Gasteiger partial charge in [-0.3, -0.25) is 20.4 Å². The van der Waals surface area contributed by atoms with Gasteiger partial charge in [0.25, 0.3) is 5.91 Å². The third kappa shape index (κ3) is 3.64. The van der Waals surface area contributed by atoms with Crippen LogP contribution in [0.5, 0.6) is 0 Å². The van der Waals surface area contributed by atoms with Gasteiger partial charge in [0.05, 0.1) is 18.2 Å². The van der Waals surface area contributed by atoms with Crippen LogP contribution in [0.25, 0.3) is 11.0 Å². The molecule has 0 aliphatic rings. The number of fused-ring (bicyclic) bond motifs is 1. The van der Waals surface area contributed by atoms with E-state index in [4.69, 9.17) is 16.0 Å². The Balaban J connectivity index is 1.66. The van der Waals surface area contributed by atoms with Crippen LogP contribution in [0.15, 0.2) is 47.1 Å². The van der Waals surface area contributed by atoms with E-state index in [9.17, 15) is 14.0 Å². The quantitative estimate of drug-likeness (QED) is 0.702. The van der Waals surface area contributed by atoms with E-state index < -0.39 is 17.6 Å². The van der Waals surface area contributed by atoms with Gasteiger partial charge in [0.1, 0.15) is 11.4 Å². The van der Waals surface area contributed by atoms with Gasteiger partial charge in [-0.2, -0.15) is 0 Å². The minimum atomic E-state index is -0.734. The van der Waals surface area contributed by atoms with Gasteiger partial charge in [0.15, 0.2) is 0 Å². The number of carbonyl (C=O) groups excluding carboxylic acids is 2. The van der Waals surface area contributed by atoms with Crippen LogP contribution >= 0.6 is 11.6 Å². The maximum absolute atomic E-state index is 13.5. The van der Waals surface area contributed by atoms with Crippen molar-refractivity contribution >= 4 is 34.4 Å². The van der Waals surface area contributed by atoms with E-state index in [0.29, 0.717) is 16.2 Å². The second-order valence-corrected chi connectivity index (χ2v) is 5.92. The van der Waals surface area contributed by atoms with Gasteiger partial charge < -0.3 is 4.42 Å². The molecule has 3 rings (SSSR count). The van der Waals surface area contributed by atoms with Crippen LogP contribution in [0, 0.1) is 12.7 Å². The molecule has 1 heterocycles. The van der Waals surface area contributed by atoms with E-state index in [-0.39, 0.29) is 12.0 Å². The standard InChI is InChI=1S/C18H14ClFN2O3/c1-10-6-16-13(8-14(10)19)11(9-25-16)7-17(23)21-22-18(24)12-4-2-3-5-15(12)20/h2-6,8-9H,7H2,1H3,(H,21,23)(H,22,24). The number of hydrazine groups is 1. The van der Waals surface area contributed by atoms with Crippen molar-refractivity contribution < 1.29 is 18.4 Å². The average Bonchev–Trinajstić information content (AvgIpc) is 2.95. The fourth-order valence-corrected chi connectivity index (χ4v) is 2.56. The molecule has 0 saturated carbocycles. The van der Waals surface area contributed by atoms with Gasteiger partial charge in [-0.1, -0.05) is 23.7 Å². The van der Waals surface area contributed by atoms with Gasteiger partial charge in [-0.05, 0) is 36.8 Å². The molecule has 0 aliphatic heterocycles. The van der Waals surface area contributed by atoms with Gasteiger partial charge in [-0.25, -0.2) is 4.39 Å². The first kappa shape index (κ1) is 17.0. The zero-order chi connectivity index (χ0) is 18.0. The highest BCUT2D eigenvalue weighted by Gasteiger charge is 2.14. The molecule has 0 bridgehead atoms. The van der Waals surface area contributed by atoms with E-state index >= 15 is 0 Å². The lowest BCUT2D eigenvalue weighted by Gasteiger charge is -2.07. The number of aryl methyl sites for hydroxylation is 1. The van der Waals surface area contributed by atoms with Crippen LogP contribution < -0.4 is 10.9 Å². The molecule has 0 radical (unpaired) electrons. The summed E-state index contributed by atoms with van der Waals surface area (Å²) >= 11 is 6.10. The molecule has 0 spiro atoms. The summed E-state index contributed by atoms with van der Waals surface area (Å²) in [7, 11) is 0. The van der Waals surface area contributed by atoms with Crippen LogP contribution in [-0.2, 0) is 11.2 Å². The Morgan fingerprint density at radius 2 is 1.96 bits per heavy atom. The smallest absolute Gasteiger partial charge is 0.272 e. The Morgan fingerprint density at radius 1 is 1.20 bits per heavy atom. The molecule has 2 aromatic carbocycles. The van der Waals surface area contributed by atoms with Crippen LogP contribution in [0.2, 0.25) is 5.02 Å². The third-order valence-corrected chi connectivity index (χ3v) is 4.13. The zero-order valence-corrected chi connectivity index (χ0v) is 14.0. The number of halogens is 2. The Morgan fingerprint density at radius 3 is 2.72 bits per heavy atom. The average molecular weight is 361 g/mol. The number of rotatable bonds is 3. The molecule has 128 valence electrons. The molecule has 25 heavy (non-hydrogen) atoms. The maximum Gasteiger partial charge on any atom is 0.272 e. The highest BCUT2D eigenvalue weighted by molar-refractivity contribution is 6.32. The van der Waals surface area contributed by atoms with Gasteiger partial charge in [0.2, 0.25) is 5.91 Å². The molecule has 2 amide bonds. The van der Waals surface area contributed by atoms with E-state index in [2.05, 4.69) is 10.9 Å².